The third kappa shape index (κ3) is 3.79. The van der Waals surface area contributed by atoms with Crippen molar-refractivity contribution in [3.05, 3.63) is 59.7 Å². The van der Waals surface area contributed by atoms with Crippen LogP contribution in [0.25, 0.3) is 0 Å². The zero-order chi connectivity index (χ0) is 14.7. The first-order valence-corrected chi connectivity index (χ1v) is 7.35. The number of nitrogens with zero attached hydrogens (tertiary/aromatic N) is 2. The Labute approximate surface area is 124 Å². The first kappa shape index (κ1) is 14.0. The van der Waals surface area contributed by atoms with Crippen LogP contribution < -0.4 is 10.2 Å². The fraction of sp³-hybridized carbons (Fsp3) is 0.353. The van der Waals surface area contributed by atoms with E-state index in [1.807, 2.05) is 31.3 Å². The largest absolute Gasteiger partial charge is 0.368 e. The molecule has 0 atom stereocenters. The number of hydrogen-bond acceptors (Lipinski definition) is 3. The Morgan fingerprint density at radius 3 is 2.86 bits per heavy atom. The van der Waals surface area contributed by atoms with Crippen molar-refractivity contribution in [2.24, 2.45) is 0 Å². The van der Waals surface area contributed by atoms with E-state index in [4.69, 9.17) is 0 Å². The predicted octanol–water partition coefficient (Wildman–Crippen LogP) is 3.11. The van der Waals surface area contributed by atoms with Crippen LogP contribution in [0, 0.1) is 5.82 Å². The first-order chi connectivity index (χ1) is 10.2. The molecule has 1 aromatic heterocycles. The summed E-state index contributed by atoms with van der Waals surface area (Å²) in [6.07, 6.45) is 4.26. The molecule has 2 aromatic rings. The summed E-state index contributed by atoms with van der Waals surface area (Å²) in [5.41, 5.74) is 3.06. The summed E-state index contributed by atoms with van der Waals surface area (Å²) in [5.74, 6) is -0.183. The topological polar surface area (TPSA) is 28.2 Å². The predicted molar refractivity (Wildman–Crippen MR) is 82.6 cm³/mol. The van der Waals surface area contributed by atoms with Gasteiger partial charge in [-0.15, -0.1) is 0 Å². The lowest BCUT2D eigenvalue weighted by atomic mass is 10.1. The molecule has 0 bridgehead atoms. The van der Waals surface area contributed by atoms with Crippen LogP contribution in [0.15, 0.2) is 42.6 Å². The van der Waals surface area contributed by atoms with Gasteiger partial charge in [-0.3, -0.25) is 4.98 Å². The SMILES string of the molecule is CN(Cc1ccccn1)c1ccc(F)cc1CNC1CC1. The van der Waals surface area contributed by atoms with Crippen molar-refractivity contribution in [1.82, 2.24) is 10.3 Å². The van der Waals surface area contributed by atoms with Crippen molar-refractivity contribution >= 4 is 5.69 Å². The van der Waals surface area contributed by atoms with Gasteiger partial charge in [-0.25, -0.2) is 4.39 Å². The third-order valence-electron chi connectivity index (χ3n) is 3.74. The average Bonchev–Trinajstić information content (AvgIpc) is 3.30. The lowest BCUT2D eigenvalue weighted by molar-refractivity contribution is 0.619. The van der Waals surface area contributed by atoms with Gasteiger partial charge in [-0.05, 0) is 48.7 Å². The van der Waals surface area contributed by atoms with E-state index in [2.05, 4.69) is 15.2 Å². The molecular weight excluding hydrogens is 265 g/mol. The standard InChI is InChI=1S/C17H20FN3/c1-21(12-16-4-2-3-9-19-16)17-8-5-14(18)10-13(17)11-20-15-6-7-15/h2-5,8-10,15,20H,6-7,11-12H2,1H3. The molecule has 1 aromatic carbocycles. The van der Waals surface area contributed by atoms with Gasteiger partial charge in [0, 0.05) is 31.5 Å². The van der Waals surface area contributed by atoms with Gasteiger partial charge in [0.1, 0.15) is 5.82 Å². The number of anilines is 1. The molecule has 1 saturated carbocycles. The molecule has 0 aliphatic heterocycles. The van der Waals surface area contributed by atoms with E-state index in [9.17, 15) is 4.39 Å². The van der Waals surface area contributed by atoms with Gasteiger partial charge in [0.05, 0.1) is 12.2 Å². The van der Waals surface area contributed by atoms with Crippen LogP contribution >= 0.6 is 0 Å². The van der Waals surface area contributed by atoms with E-state index >= 15 is 0 Å². The molecule has 1 aliphatic carbocycles. The Morgan fingerprint density at radius 2 is 2.14 bits per heavy atom. The van der Waals surface area contributed by atoms with Crippen LogP contribution in [0.1, 0.15) is 24.1 Å². The second-order valence-corrected chi connectivity index (χ2v) is 5.61. The fourth-order valence-electron chi connectivity index (χ4n) is 2.43. The zero-order valence-electron chi connectivity index (χ0n) is 12.2. The second-order valence-electron chi connectivity index (χ2n) is 5.61. The summed E-state index contributed by atoms with van der Waals surface area (Å²) in [4.78, 5) is 6.46. The van der Waals surface area contributed by atoms with Crippen molar-refractivity contribution in [2.45, 2.75) is 32.0 Å². The maximum absolute atomic E-state index is 13.5. The molecule has 0 unspecified atom stereocenters. The van der Waals surface area contributed by atoms with E-state index in [-0.39, 0.29) is 5.82 Å². The fourth-order valence-corrected chi connectivity index (χ4v) is 2.43. The van der Waals surface area contributed by atoms with Crippen LogP contribution in [0.3, 0.4) is 0 Å². The molecule has 1 fully saturated rings. The normalized spacial score (nSPS) is 14.2. The van der Waals surface area contributed by atoms with Crippen molar-refractivity contribution in [3.8, 4) is 0 Å². The highest BCUT2D eigenvalue weighted by atomic mass is 19.1. The Bertz CT molecular complexity index is 596. The van der Waals surface area contributed by atoms with E-state index < -0.39 is 0 Å². The second kappa shape index (κ2) is 6.22. The highest BCUT2D eigenvalue weighted by Crippen LogP contribution is 2.24. The Hall–Kier alpha value is -1.94. The molecule has 0 saturated heterocycles. The number of pyridine rings is 1. The van der Waals surface area contributed by atoms with Gasteiger partial charge >= 0.3 is 0 Å². The minimum Gasteiger partial charge on any atom is -0.368 e. The molecule has 110 valence electrons. The van der Waals surface area contributed by atoms with Crippen LogP contribution in [-0.4, -0.2) is 18.1 Å². The third-order valence-corrected chi connectivity index (χ3v) is 3.74. The molecule has 21 heavy (non-hydrogen) atoms. The molecule has 4 heteroatoms. The van der Waals surface area contributed by atoms with Gasteiger partial charge < -0.3 is 10.2 Å². The van der Waals surface area contributed by atoms with E-state index in [0.29, 0.717) is 19.1 Å². The highest BCUT2D eigenvalue weighted by Gasteiger charge is 2.21. The summed E-state index contributed by atoms with van der Waals surface area (Å²) in [6, 6.07) is 11.5. The number of halogens is 1. The Balaban J connectivity index is 1.75. The van der Waals surface area contributed by atoms with Crippen molar-refractivity contribution in [1.29, 1.82) is 0 Å². The maximum atomic E-state index is 13.5. The monoisotopic (exact) mass is 285 g/mol. The highest BCUT2D eigenvalue weighted by molar-refractivity contribution is 5.53. The molecule has 1 N–H and O–H groups in total. The molecule has 1 heterocycles. The van der Waals surface area contributed by atoms with Gasteiger partial charge in [-0.2, -0.15) is 0 Å². The molecule has 0 radical (unpaired) electrons. The van der Waals surface area contributed by atoms with Crippen LogP contribution in [0.5, 0.6) is 0 Å². The maximum Gasteiger partial charge on any atom is 0.123 e. The number of benzene rings is 1. The van der Waals surface area contributed by atoms with Crippen molar-refractivity contribution in [2.75, 3.05) is 11.9 Å². The van der Waals surface area contributed by atoms with Crippen LogP contribution in [0.4, 0.5) is 10.1 Å². The number of aromatic nitrogens is 1. The quantitative estimate of drug-likeness (QED) is 0.884. The number of hydrogen-bond donors (Lipinski definition) is 1. The average molecular weight is 285 g/mol. The van der Waals surface area contributed by atoms with Crippen LogP contribution in [-0.2, 0) is 13.1 Å². The molecule has 0 amide bonds. The van der Waals surface area contributed by atoms with Gasteiger partial charge in [-0.1, -0.05) is 6.07 Å². The lowest BCUT2D eigenvalue weighted by Gasteiger charge is -2.22. The number of nitrogens with one attached hydrogen (secondary N) is 1. The Kier molecular flexibility index (Phi) is 4.15. The molecule has 3 rings (SSSR count). The molecule has 1 aliphatic rings. The van der Waals surface area contributed by atoms with E-state index in [1.54, 1.807) is 12.3 Å². The molecule has 0 spiro atoms. The summed E-state index contributed by atoms with van der Waals surface area (Å²) in [5, 5.41) is 3.45. The van der Waals surface area contributed by atoms with Crippen molar-refractivity contribution in [3.63, 3.8) is 0 Å². The van der Waals surface area contributed by atoms with Gasteiger partial charge in [0.25, 0.3) is 0 Å². The van der Waals surface area contributed by atoms with Crippen LogP contribution in [0.2, 0.25) is 0 Å². The Morgan fingerprint density at radius 1 is 1.29 bits per heavy atom. The summed E-state index contributed by atoms with van der Waals surface area (Å²) >= 11 is 0. The van der Waals surface area contributed by atoms with E-state index in [0.717, 1.165) is 16.9 Å². The van der Waals surface area contributed by atoms with Gasteiger partial charge in [0.15, 0.2) is 0 Å². The van der Waals surface area contributed by atoms with Crippen molar-refractivity contribution < 1.29 is 4.39 Å². The zero-order valence-corrected chi connectivity index (χ0v) is 12.2. The molecule has 3 nitrogen and oxygen atoms in total. The molecular formula is C17H20FN3. The first-order valence-electron chi connectivity index (χ1n) is 7.35. The lowest BCUT2D eigenvalue weighted by Crippen LogP contribution is -2.22. The summed E-state index contributed by atoms with van der Waals surface area (Å²) < 4.78 is 13.5. The summed E-state index contributed by atoms with van der Waals surface area (Å²) in [7, 11) is 2.02. The van der Waals surface area contributed by atoms with Gasteiger partial charge in [0.2, 0.25) is 0 Å². The van der Waals surface area contributed by atoms with E-state index in [1.165, 1.54) is 18.9 Å². The minimum absolute atomic E-state index is 0.183. The summed E-state index contributed by atoms with van der Waals surface area (Å²) in [6.45, 7) is 1.42. The number of rotatable bonds is 6. The smallest absolute Gasteiger partial charge is 0.123 e. The minimum atomic E-state index is -0.183.